The Balaban J connectivity index is 1.31. The SMILES string of the molecule is Fc1ccc(-c2cc(CNC[C@@H]3COc4ccccc4O3)c3nnnn3c2)cc1. The van der Waals surface area contributed by atoms with Gasteiger partial charge in [-0.05, 0) is 46.3 Å². The molecule has 0 aliphatic carbocycles. The number of nitrogens with one attached hydrogen (secondary N) is 1. The van der Waals surface area contributed by atoms with Crippen molar-refractivity contribution in [2.24, 2.45) is 0 Å². The van der Waals surface area contributed by atoms with Gasteiger partial charge in [0.2, 0.25) is 0 Å². The lowest BCUT2D eigenvalue weighted by Crippen LogP contribution is -2.38. The molecule has 4 aromatic rings. The molecule has 1 N–H and O–H groups in total. The summed E-state index contributed by atoms with van der Waals surface area (Å²) in [4.78, 5) is 0. The van der Waals surface area contributed by atoms with Gasteiger partial charge in [0.25, 0.3) is 0 Å². The van der Waals surface area contributed by atoms with Crippen molar-refractivity contribution in [3.05, 3.63) is 72.2 Å². The number of benzene rings is 2. The number of ether oxygens (including phenoxy) is 2. The molecule has 146 valence electrons. The monoisotopic (exact) mass is 391 g/mol. The van der Waals surface area contributed by atoms with E-state index in [9.17, 15) is 4.39 Å². The Kier molecular flexibility index (Phi) is 4.53. The molecular weight excluding hydrogens is 373 g/mol. The Labute approximate surface area is 166 Å². The highest BCUT2D eigenvalue weighted by atomic mass is 19.1. The van der Waals surface area contributed by atoms with Crippen molar-refractivity contribution in [3.63, 3.8) is 0 Å². The van der Waals surface area contributed by atoms with E-state index in [0.29, 0.717) is 25.3 Å². The summed E-state index contributed by atoms with van der Waals surface area (Å²) in [5, 5.41) is 15.3. The van der Waals surface area contributed by atoms with Crippen LogP contribution < -0.4 is 14.8 Å². The van der Waals surface area contributed by atoms with Crippen molar-refractivity contribution in [2.45, 2.75) is 12.6 Å². The minimum atomic E-state index is -0.268. The Hall–Kier alpha value is -3.52. The van der Waals surface area contributed by atoms with Gasteiger partial charge in [0.15, 0.2) is 17.1 Å². The fourth-order valence-electron chi connectivity index (χ4n) is 3.38. The van der Waals surface area contributed by atoms with Gasteiger partial charge in [0.1, 0.15) is 18.5 Å². The van der Waals surface area contributed by atoms with Gasteiger partial charge in [-0.15, -0.1) is 5.10 Å². The smallest absolute Gasteiger partial charge is 0.183 e. The number of aromatic nitrogens is 4. The first-order chi connectivity index (χ1) is 14.3. The third-order valence-corrected chi connectivity index (χ3v) is 4.80. The minimum Gasteiger partial charge on any atom is -0.486 e. The highest BCUT2D eigenvalue weighted by Gasteiger charge is 2.20. The topological polar surface area (TPSA) is 73.6 Å². The minimum absolute atomic E-state index is 0.0859. The zero-order valence-electron chi connectivity index (χ0n) is 15.5. The van der Waals surface area contributed by atoms with E-state index in [2.05, 4.69) is 20.8 Å². The number of tetrazole rings is 1. The molecule has 0 amide bonds. The average Bonchev–Trinajstić information content (AvgIpc) is 3.23. The molecule has 8 heteroatoms. The summed E-state index contributed by atoms with van der Waals surface area (Å²) in [5.74, 6) is 1.26. The average molecular weight is 391 g/mol. The second-order valence-electron chi connectivity index (χ2n) is 6.84. The Morgan fingerprint density at radius 2 is 1.90 bits per heavy atom. The highest BCUT2D eigenvalue weighted by Crippen LogP contribution is 2.30. The van der Waals surface area contributed by atoms with Crippen LogP contribution in [0.15, 0.2) is 60.8 Å². The Morgan fingerprint density at radius 3 is 2.76 bits per heavy atom. The third kappa shape index (κ3) is 3.62. The molecule has 0 saturated heterocycles. The summed E-state index contributed by atoms with van der Waals surface area (Å²) in [6, 6.07) is 16.0. The van der Waals surface area contributed by atoms with E-state index < -0.39 is 0 Å². The number of fused-ring (bicyclic) bond motifs is 2. The van der Waals surface area contributed by atoms with Crippen LogP contribution in [0.5, 0.6) is 11.5 Å². The number of hydrogen-bond donors (Lipinski definition) is 1. The molecule has 7 nitrogen and oxygen atoms in total. The van der Waals surface area contributed by atoms with Crippen LogP contribution in [0.25, 0.3) is 16.8 Å². The summed E-state index contributed by atoms with van der Waals surface area (Å²) in [7, 11) is 0. The zero-order valence-corrected chi connectivity index (χ0v) is 15.5. The van der Waals surface area contributed by atoms with E-state index in [1.54, 1.807) is 16.6 Å². The van der Waals surface area contributed by atoms with Crippen LogP contribution in [0, 0.1) is 5.82 Å². The van der Waals surface area contributed by atoms with Crippen molar-refractivity contribution in [1.82, 2.24) is 25.4 Å². The first-order valence-electron chi connectivity index (χ1n) is 9.32. The van der Waals surface area contributed by atoms with Crippen LogP contribution in [-0.4, -0.2) is 39.3 Å². The van der Waals surface area contributed by atoms with Crippen LogP contribution in [0.2, 0.25) is 0 Å². The molecule has 29 heavy (non-hydrogen) atoms. The molecule has 3 heterocycles. The number of para-hydroxylation sites is 2. The van der Waals surface area contributed by atoms with E-state index in [0.717, 1.165) is 28.2 Å². The highest BCUT2D eigenvalue weighted by molar-refractivity contribution is 5.66. The molecule has 0 spiro atoms. The van der Waals surface area contributed by atoms with Crippen LogP contribution in [0.3, 0.4) is 0 Å². The largest absolute Gasteiger partial charge is 0.486 e. The van der Waals surface area contributed by atoms with Crippen LogP contribution in [0.1, 0.15) is 5.56 Å². The van der Waals surface area contributed by atoms with Crippen LogP contribution >= 0.6 is 0 Å². The van der Waals surface area contributed by atoms with Crippen molar-refractivity contribution in [1.29, 1.82) is 0 Å². The second kappa shape index (κ2) is 7.48. The first kappa shape index (κ1) is 17.6. The molecule has 0 bridgehead atoms. The molecule has 1 atom stereocenters. The molecule has 5 rings (SSSR count). The molecule has 1 aliphatic heterocycles. The van der Waals surface area contributed by atoms with E-state index in [4.69, 9.17) is 9.47 Å². The third-order valence-electron chi connectivity index (χ3n) is 4.80. The Bertz CT molecular complexity index is 1150. The quantitative estimate of drug-likeness (QED) is 0.564. The van der Waals surface area contributed by atoms with E-state index in [1.165, 1.54) is 12.1 Å². The number of halogens is 1. The molecule has 0 fully saturated rings. The Morgan fingerprint density at radius 1 is 1.07 bits per heavy atom. The van der Waals surface area contributed by atoms with Gasteiger partial charge in [0, 0.05) is 30.4 Å². The van der Waals surface area contributed by atoms with Gasteiger partial charge in [-0.1, -0.05) is 24.3 Å². The van der Waals surface area contributed by atoms with Gasteiger partial charge >= 0.3 is 0 Å². The summed E-state index contributed by atoms with van der Waals surface area (Å²) >= 11 is 0. The fraction of sp³-hybridized carbons (Fsp3) is 0.190. The summed E-state index contributed by atoms with van der Waals surface area (Å²) < 4.78 is 26.6. The zero-order chi connectivity index (χ0) is 19.6. The lowest BCUT2D eigenvalue weighted by Gasteiger charge is -2.26. The molecule has 0 saturated carbocycles. The maximum atomic E-state index is 13.3. The van der Waals surface area contributed by atoms with E-state index >= 15 is 0 Å². The standard InChI is InChI=1S/C21H18FN5O2/c22-17-7-5-14(6-8-17)16-9-15(21-24-25-26-27(21)12-16)10-23-11-18-13-28-19-3-1-2-4-20(19)29-18/h1-9,12,18,23H,10-11,13H2/t18-/m1/s1. The molecule has 1 aliphatic rings. The van der Waals surface area contributed by atoms with Crippen LogP contribution in [-0.2, 0) is 6.54 Å². The predicted octanol–water partition coefficient (Wildman–Crippen LogP) is 2.86. The maximum absolute atomic E-state index is 13.3. The molecule has 0 radical (unpaired) electrons. The summed E-state index contributed by atoms with van der Waals surface area (Å²) in [6.07, 6.45) is 1.75. The molecule has 2 aromatic heterocycles. The van der Waals surface area contributed by atoms with Gasteiger partial charge in [0.05, 0.1) is 0 Å². The van der Waals surface area contributed by atoms with Crippen molar-refractivity contribution >= 4 is 5.65 Å². The maximum Gasteiger partial charge on any atom is 0.183 e. The molecule has 0 unspecified atom stereocenters. The second-order valence-corrected chi connectivity index (χ2v) is 6.84. The van der Waals surface area contributed by atoms with Gasteiger partial charge < -0.3 is 14.8 Å². The van der Waals surface area contributed by atoms with Crippen LogP contribution in [0.4, 0.5) is 4.39 Å². The number of hydrogen-bond acceptors (Lipinski definition) is 6. The first-order valence-corrected chi connectivity index (χ1v) is 9.32. The number of rotatable bonds is 5. The molecular formula is C21H18FN5O2. The normalized spacial score (nSPS) is 15.6. The van der Waals surface area contributed by atoms with Crippen molar-refractivity contribution in [2.75, 3.05) is 13.2 Å². The predicted molar refractivity (Wildman–Crippen MR) is 104 cm³/mol. The van der Waals surface area contributed by atoms with Gasteiger partial charge in [-0.2, -0.15) is 4.52 Å². The van der Waals surface area contributed by atoms with E-state index in [1.807, 2.05) is 36.5 Å². The number of pyridine rings is 1. The fourth-order valence-corrected chi connectivity index (χ4v) is 3.38. The van der Waals surface area contributed by atoms with Gasteiger partial charge in [-0.25, -0.2) is 4.39 Å². The van der Waals surface area contributed by atoms with Crippen molar-refractivity contribution in [3.8, 4) is 22.6 Å². The number of nitrogens with zero attached hydrogens (tertiary/aromatic N) is 4. The summed E-state index contributed by atoms with van der Waals surface area (Å²) in [6.45, 7) is 1.66. The van der Waals surface area contributed by atoms with E-state index in [-0.39, 0.29) is 11.9 Å². The molecule has 2 aromatic carbocycles. The van der Waals surface area contributed by atoms with Crippen molar-refractivity contribution < 1.29 is 13.9 Å². The lowest BCUT2D eigenvalue weighted by molar-refractivity contribution is 0.0902. The lowest BCUT2D eigenvalue weighted by atomic mass is 10.1. The summed E-state index contributed by atoms with van der Waals surface area (Å²) in [5.41, 5.74) is 3.42. The van der Waals surface area contributed by atoms with Gasteiger partial charge in [-0.3, -0.25) is 0 Å².